The Balaban J connectivity index is 1.74. The average molecular weight is 486 g/mol. The predicted molar refractivity (Wildman–Crippen MR) is 137 cm³/mol. The third-order valence-corrected chi connectivity index (χ3v) is 5.52. The molecular formula is C27H20ClN3O4. The van der Waals surface area contributed by atoms with Crippen LogP contribution in [0.25, 0.3) is 11.1 Å². The first kappa shape index (κ1) is 23.7. The highest BCUT2D eigenvalue weighted by molar-refractivity contribution is 6.31. The van der Waals surface area contributed by atoms with Gasteiger partial charge in [-0.1, -0.05) is 53.6 Å². The van der Waals surface area contributed by atoms with Crippen LogP contribution in [0.3, 0.4) is 0 Å². The molecule has 0 radical (unpaired) electrons. The molecule has 0 bridgehead atoms. The maximum atomic E-state index is 13.3. The molecule has 4 aromatic carbocycles. The molecule has 7 nitrogen and oxygen atoms in total. The number of amides is 2. The zero-order valence-corrected chi connectivity index (χ0v) is 19.4. The Kier molecular flexibility index (Phi) is 6.89. The maximum absolute atomic E-state index is 13.3. The summed E-state index contributed by atoms with van der Waals surface area (Å²) in [5.74, 6) is -0.827. The smallest absolute Gasteiger partial charge is 0.271 e. The normalized spacial score (nSPS) is 10.5. The summed E-state index contributed by atoms with van der Waals surface area (Å²) in [5.41, 5.74) is 3.22. The molecule has 0 aliphatic rings. The molecule has 4 rings (SSSR count). The van der Waals surface area contributed by atoms with Crippen LogP contribution in [-0.4, -0.2) is 16.7 Å². The molecular weight excluding hydrogens is 466 g/mol. The Labute approximate surface area is 206 Å². The van der Waals surface area contributed by atoms with Crippen molar-refractivity contribution < 1.29 is 14.5 Å². The molecule has 0 heterocycles. The molecule has 0 aliphatic heterocycles. The van der Waals surface area contributed by atoms with Crippen LogP contribution in [0.4, 0.5) is 17.1 Å². The van der Waals surface area contributed by atoms with Gasteiger partial charge in [-0.25, -0.2) is 0 Å². The molecule has 0 spiro atoms. The zero-order valence-electron chi connectivity index (χ0n) is 18.6. The van der Waals surface area contributed by atoms with Crippen molar-refractivity contribution in [3.05, 3.63) is 123 Å². The van der Waals surface area contributed by atoms with Crippen LogP contribution in [0, 0.1) is 17.0 Å². The molecule has 0 saturated carbocycles. The van der Waals surface area contributed by atoms with Gasteiger partial charge in [0, 0.05) is 39.7 Å². The number of nitro groups is 1. The van der Waals surface area contributed by atoms with Crippen molar-refractivity contribution >= 4 is 40.5 Å². The minimum atomic E-state index is -0.530. The van der Waals surface area contributed by atoms with Crippen molar-refractivity contribution in [3.63, 3.8) is 0 Å². The highest BCUT2D eigenvalue weighted by Crippen LogP contribution is 2.32. The monoisotopic (exact) mass is 485 g/mol. The van der Waals surface area contributed by atoms with Crippen molar-refractivity contribution in [1.82, 2.24) is 0 Å². The van der Waals surface area contributed by atoms with Crippen LogP contribution in [-0.2, 0) is 0 Å². The molecule has 35 heavy (non-hydrogen) atoms. The Morgan fingerprint density at radius 3 is 2.17 bits per heavy atom. The van der Waals surface area contributed by atoms with Crippen LogP contribution < -0.4 is 10.6 Å². The molecule has 0 aromatic heterocycles. The Hall–Kier alpha value is -4.49. The number of aryl methyl sites for hydroxylation is 1. The van der Waals surface area contributed by atoms with Gasteiger partial charge in [0.2, 0.25) is 0 Å². The lowest BCUT2D eigenvalue weighted by Gasteiger charge is -2.15. The first-order valence-corrected chi connectivity index (χ1v) is 11.0. The molecule has 2 amide bonds. The summed E-state index contributed by atoms with van der Waals surface area (Å²) in [4.78, 5) is 37.0. The Morgan fingerprint density at radius 2 is 1.43 bits per heavy atom. The van der Waals surface area contributed by atoms with Gasteiger partial charge in [0.15, 0.2) is 0 Å². The highest BCUT2D eigenvalue weighted by Gasteiger charge is 2.20. The van der Waals surface area contributed by atoms with Gasteiger partial charge in [-0.3, -0.25) is 19.7 Å². The van der Waals surface area contributed by atoms with E-state index in [2.05, 4.69) is 10.6 Å². The minimum Gasteiger partial charge on any atom is -0.322 e. The van der Waals surface area contributed by atoms with Gasteiger partial charge in [0.25, 0.3) is 17.5 Å². The predicted octanol–water partition coefficient (Wildman–Crippen LogP) is 6.73. The fraction of sp³-hybridized carbons (Fsp3) is 0.0370. The lowest BCUT2D eigenvalue weighted by molar-refractivity contribution is -0.384. The number of para-hydroxylation sites is 1. The van der Waals surface area contributed by atoms with Crippen molar-refractivity contribution in [2.24, 2.45) is 0 Å². The molecule has 0 fully saturated rings. The number of carbonyl (C=O) groups excluding carboxylic acids is 2. The van der Waals surface area contributed by atoms with Crippen LogP contribution in [0.2, 0.25) is 5.02 Å². The first-order chi connectivity index (χ1) is 16.8. The van der Waals surface area contributed by atoms with E-state index in [1.54, 1.807) is 48.5 Å². The number of hydrogen-bond acceptors (Lipinski definition) is 4. The summed E-state index contributed by atoms with van der Waals surface area (Å²) in [6, 6.07) is 24.9. The van der Waals surface area contributed by atoms with Crippen molar-refractivity contribution in [1.29, 1.82) is 0 Å². The van der Waals surface area contributed by atoms with Gasteiger partial charge in [-0.2, -0.15) is 0 Å². The van der Waals surface area contributed by atoms with Gasteiger partial charge in [0.05, 0.1) is 4.92 Å². The zero-order chi connectivity index (χ0) is 24.9. The van der Waals surface area contributed by atoms with Crippen LogP contribution >= 0.6 is 11.6 Å². The number of halogens is 1. The molecule has 0 unspecified atom stereocenters. The number of rotatable bonds is 6. The van der Waals surface area contributed by atoms with E-state index in [1.807, 2.05) is 31.2 Å². The largest absolute Gasteiger partial charge is 0.322 e. The van der Waals surface area contributed by atoms with E-state index in [1.165, 1.54) is 18.2 Å². The molecule has 0 aliphatic carbocycles. The molecule has 4 aromatic rings. The second kappa shape index (κ2) is 10.2. The van der Waals surface area contributed by atoms with E-state index in [0.717, 1.165) is 5.56 Å². The van der Waals surface area contributed by atoms with E-state index >= 15 is 0 Å². The summed E-state index contributed by atoms with van der Waals surface area (Å²) < 4.78 is 0. The lowest BCUT2D eigenvalue weighted by Crippen LogP contribution is -2.16. The third kappa shape index (κ3) is 5.54. The number of carbonyl (C=O) groups is 2. The SMILES string of the molecule is Cc1ccc(-c2cc(Cl)ccc2C(=O)Nc2ccccc2)c(C(=O)Nc2cccc([N+](=O)[O-])c2)c1. The van der Waals surface area contributed by atoms with E-state index in [4.69, 9.17) is 11.6 Å². The summed E-state index contributed by atoms with van der Waals surface area (Å²) in [5, 5.41) is 17.1. The van der Waals surface area contributed by atoms with Crippen LogP contribution in [0.15, 0.2) is 91.0 Å². The van der Waals surface area contributed by atoms with Crippen molar-refractivity contribution in [2.75, 3.05) is 10.6 Å². The van der Waals surface area contributed by atoms with Crippen LogP contribution in [0.1, 0.15) is 26.3 Å². The van der Waals surface area contributed by atoms with Crippen molar-refractivity contribution in [3.8, 4) is 11.1 Å². The van der Waals surface area contributed by atoms with Crippen LogP contribution in [0.5, 0.6) is 0 Å². The molecule has 0 atom stereocenters. The number of anilines is 2. The third-order valence-electron chi connectivity index (χ3n) is 5.28. The molecule has 174 valence electrons. The molecule has 8 heteroatoms. The second-order valence-corrected chi connectivity index (χ2v) is 8.26. The summed E-state index contributed by atoms with van der Waals surface area (Å²) in [6.45, 7) is 1.84. The Morgan fingerprint density at radius 1 is 0.743 bits per heavy atom. The number of nitrogens with one attached hydrogen (secondary N) is 2. The quantitative estimate of drug-likeness (QED) is 0.233. The summed E-state index contributed by atoms with van der Waals surface area (Å²) >= 11 is 6.28. The standard InChI is InChI=1S/C27H20ClN3O4/c1-17-10-12-22(25(14-17)27(33)30-20-8-5-9-21(16-20)31(34)35)24-15-18(28)11-13-23(24)26(32)29-19-6-3-2-4-7-19/h2-16H,1H3,(H,29,32)(H,30,33). The topological polar surface area (TPSA) is 101 Å². The Bertz CT molecular complexity index is 1440. The molecule has 0 saturated heterocycles. The average Bonchev–Trinajstić information content (AvgIpc) is 2.84. The fourth-order valence-corrected chi connectivity index (χ4v) is 3.81. The highest BCUT2D eigenvalue weighted by atomic mass is 35.5. The number of hydrogen-bond donors (Lipinski definition) is 2. The number of benzene rings is 4. The van der Waals surface area contributed by atoms with E-state index in [0.29, 0.717) is 33.0 Å². The summed E-state index contributed by atoms with van der Waals surface area (Å²) in [7, 11) is 0. The van der Waals surface area contributed by atoms with E-state index < -0.39 is 10.8 Å². The van der Waals surface area contributed by atoms with Gasteiger partial charge in [-0.15, -0.1) is 0 Å². The van der Waals surface area contributed by atoms with Crippen molar-refractivity contribution in [2.45, 2.75) is 6.92 Å². The summed E-state index contributed by atoms with van der Waals surface area (Å²) in [6.07, 6.45) is 0. The number of nitrogens with zero attached hydrogens (tertiary/aromatic N) is 1. The first-order valence-electron chi connectivity index (χ1n) is 10.6. The van der Waals surface area contributed by atoms with Gasteiger partial charge in [0.1, 0.15) is 0 Å². The minimum absolute atomic E-state index is 0.137. The lowest BCUT2D eigenvalue weighted by atomic mass is 9.93. The number of non-ortho nitro benzene ring substituents is 1. The maximum Gasteiger partial charge on any atom is 0.271 e. The van der Waals surface area contributed by atoms with E-state index in [-0.39, 0.29) is 17.3 Å². The van der Waals surface area contributed by atoms with Gasteiger partial charge in [-0.05, 0) is 60.5 Å². The second-order valence-electron chi connectivity index (χ2n) is 7.82. The van der Waals surface area contributed by atoms with E-state index in [9.17, 15) is 19.7 Å². The number of nitro benzene ring substituents is 1. The van der Waals surface area contributed by atoms with Gasteiger partial charge < -0.3 is 10.6 Å². The molecule has 2 N–H and O–H groups in total. The fourth-order valence-electron chi connectivity index (χ4n) is 3.63. The van der Waals surface area contributed by atoms with Gasteiger partial charge >= 0.3 is 0 Å².